The second-order valence-electron chi connectivity index (χ2n) is 7.98. The van der Waals surface area contributed by atoms with Crippen LogP contribution in [0.1, 0.15) is 5.56 Å². The van der Waals surface area contributed by atoms with Crippen molar-refractivity contribution < 1.29 is 36.4 Å². The molecular formula is C25H22F3NO5S. The van der Waals surface area contributed by atoms with Crippen molar-refractivity contribution >= 4 is 22.0 Å². The number of anilines is 1. The van der Waals surface area contributed by atoms with E-state index in [1.165, 1.54) is 7.11 Å². The Morgan fingerprint density at radius 3 is 2.54 bits per heavy atom. The predicted octanol–water partition coefficient (Wildman–Crippen LogP) is 5.69. The average molecular weight is 506 g/mol. The van der Waals surface area contributed by atoms with E-state index in [0.717, 1.165) is 5.56 Å². The smallest absolute Gasteiger partial charge is 0.491 e. The number of benzene rings is 3. The van der Waals surface area contributed by atoms with Crippen molar-refractivity contribution in [2.24, 2.45) is 0 Å². The lowest BCUT2D eigenvalue weighted by atomic mass is 10.1. The zero-order valence-electron chi connectivity index (χ0n) is 18.7. The van der Waals surface area contributed by atoms with Crippen LogP contribution in [-0.2, 0) is 15.5 Å². The molecule has 3 aromatic rings. The number of ether oxygens (including phenoxy) is 3. The standard InChI is InChI=1S/C25H22F3NO5S/c1-31-21-9-5-8-19-23(21)35(18-6-3-2-4-7-18,34-24(30)25(26,27)28)13-12-29(19)15-17-10-11-20-22(14-17)33-16-32-20/h2-11,14H,12-13,15-16H2,1H3. The van der Waals surface area contributed by atoms with E-state index in [2.05, 4.69) is 0 Å². The monoisotopic (exact) mass is 505 g/mol. The molecule has 6 nitrogen and oxygen atoms in total. The van der Waals surface area contributed by atoms with Crippen LogP contribution >= 0.6 is 10.3 Å². The summed E-state index contributed by atoms with van der Waals surface area (Å²) in [5, 5.41) is 0. The molecule has 0 fully saturated rings. The fraction of sp³-hybridized carbons (Fsp3) is 0.240. The van der Waals surface area contributed by atoms with Gasteiger partial charge in [-0.25, -0.2) is 4.79 Å². The zero-order valence-corrected chi connectivity index (χ0v) is 19.5. The molecular weight excluding hydrogens is 483 g/mol. The first-order chi connectivity index (χ1) is 16.8. The molecule has 0 bridgehead atoms. The van der Waals surface area contributed by atoms with Gasteiger partial charge < -0.3 is 23.3 Å². The summed E-state index contributed by atoms with van der Waals surface area (Å²) >= 11 is 0. The van der Waals surface area contributed by atoms with Crippen LogP contribution in [0.15, 0.2) is 76.5 Å². The van der Waals surface area contributed by atoms with E-state index in [9.17, 15) is 18.0 Å². The van der Waals surface area contributed by atoms with E-state index < -0.39 is 22.5 Å². The number of fused-ring (bicyclic) bond motifs is 2. The molecule has 184 valence electrons. The van der Waals surface area contributed by atoms with Crippen molar-refractivity contribution in [2.75, 3.05) is 31.1 Å². The highest BCUT2D eigenvalue weighted by atomic mass is 32.3. The van der Waals surface area contributed by atoms with Gasteiger partial charge in [0.1, 0.15) is 5.75 Å². The Bertz CT molecular complexity index is 1250. The van der Waals surface area contributed by atoms with Crippen LogP contribution in [0.2, 0.25) is 0 Å². The van der Waals surface area contributed by atoms with Gasteiger partial charge in [-0.15, -0.1) is 0 Å². The van der Waals surface area contributed by atoms with E-state index in [0.29, 0.717) is 45.8 Å². The van der Waals surface area contributed by atoms with Crippen LogP contribution in [0.5, 0.6) is 17.2 Å². The first-order valence-electron chi connectivity index (χ1n) is 10.8. The lowest BCUT2D eigenvalue weighted by Crippen LogP contribution is -2.37. The Kier molecular flexibility index (Phi) is 5.92. The number of alkyl halides is 3. The summed E-state index contributed by atoms with van der Waals surface area (Å²) < 4.78 is 62.1. The average Bonchev–Trinajstić information content (AvgIpc) is 3.33. The number of hydrogen-bond donors (Lipinski definition) is 0. The predicted molar refractivity (Wildman–Crippen MR) is 124 cm³/mol. The summed E-state index contributed by atoms with van der Waals surface area (Å²) in [6, 6.07) is 19.5. The van der Waals surface area contributed by atoms with Crippen LogP contribution in [0.25, 0.3) is 0 Å². The minimum absolute atomic E-state index is 0.163. The normalized spacial score (nSPS) is 20.5. The fourth-order valence-corrected chi connectivity index (χ4v) is 7.69. The lowest BCUT2D eigenvalue weighted by Gasteiger charge is -2.47. The van der Waals surface area contributed by atoms with Gasteiger partial charge in [0.05, 0.1) is 17.7 Å². The second kappa shape index (κ2) is 8.92. The van der Waals surface area contributed by atoms with Crippen molar-refractivity contribution in [3.8, 4) is 17.2 Å². The molecule has 0 spiro atoms. The topological polar surface area (TPSA) is 57.2 Å². The molecule has 0 radical (unpaired) electrons. The van der Waals surface area contributed by atoms with Gasteiger partial charge in [0.15, 0.2) is 11.5 Å². The third-order valence-corrected chi connectivity index (χ3v) is 9.18. The second-order valence-corrected chi connectivity index (χ2v) is 10.8. The Morgan fingerprint density at radius 1 is 1.03 bits per heavy atom. The van der Waals surface area contributed by atoms with E-state index in [1.54, 1.807) is 42.5 Å². The quantitative estimate of drug-likeness (QED) is 0.444. The molecule has 35 heavy (non-hydrogen) atoms. The van der Waals surface area contributed by atoms with Crippen LogP contribution < -0.4 is 19.1 Å². The molecule has 2 heterocycles. The Balaban J connectivity index is 1.61. The van der Waals surface area contributed by atoms with Crippen molar-refractivity contribution in [1.29, 1.82) is 0 Å². The van der Waals surface area contributed by atoms with Crippen molar-refractivity contribution in [3.05, 3.63) is 72.3 Å². The highest BCUT2D eigenvalue weighted by molar-refractivity contribution is 8.30. The third kappa shape index (κ3) is 4.22. The fourth-order valence-electron chi connectivity index (χ4n) is 4.31. The van der Waals surface area contributed by atoms with Crippen LogP contribution in [0.3, 0.4) is 0 Å². The van der Waals surface area contributed by atoms with Crippen molar-refractivity contribution in [2.45, 2.75) is 22.5 Å². The van der Waals surface area contributed by atoms with Gasteiger partial charge in [0.25, 0.3) is 0 Å². The maximum atomic E-state index is 13.4. The van der Waals surface area contributed by atoms with E-state index in [1.807, 2.05) is 29.2 Å². The Labute approximate surface area is 201 Å². The number of carbonyl (C=O) groups excluding carboxylic acids is 1. The summed E-state index contributed by atoms with van der Waals surface area (Å²) in [7, 11) is -1.42. The summed E-state index contributed by atoms with van der Waals surface area (Å²) in [6.07, 6.45) is -5.12. The summed E-state index contributed by atoms with van der Waals surface area (Å²) in [5.74, 6) is -0.351. The summed E-state index contributed by atoms with van der Waals surface area (Å²) in [6.45, 7) is 0.994. The SMILES string of the molecule is COc1cccc2c1S(OC(=O)C(F)(F)F)(c1ccccc1)CCN2Cc1ccc2c(c1)OCO2. The Hall–Kier alpha value is -3.53. The van der Waals surface area contributed by atoms with E-state index >= 15 is 0 Å². The number of nitrogens with zero attached hydrogens (tertiary/aromatic N) is 1. The number of carbonyl (C=O) groups is 1. The van der Waals surface area contributed by atoms with Gasteiger partial charge in [-0.05, 0) is 52.3 Å². The molecule has 0 amide bonds. The van der Waals surface area contributed by atoms with Gasteiger partial charge in [0.2, 0.25) is 6.79 Å². The lowest BCUT2D eigenvalue weighted by molar-refractivity contribution is -0.188. The molecule has 1 unspecified atom stereocenters. The number of rotatable bonds is 5. The minimum Gasteiger partial charge on any atom is -0.495 e. The minimum atomic E-state index is -5.12. The van der Waals surface area contributed by atoms with Gasteiger partial charge in [-0.1, -0.05) is 30.3 Å². The van der Waals surface area contributed by atoms with Crippen LogP contribution in [0.4, 0.5) is 18.9 Å². The first-order valence-corrected chi connectivity index (χ1v) is 12.5. The summed E-state index contributed by atoms with van der Waals surface area (Å²) in [4.78, 5) is 15.2. The molecule has 5 rings (SSSR count). The van der Waals surface area contributed by atoms with E-state index in [-0.39, 0.29) is 12.5 Å². The molecule has 0 saturated heterocycles. The highest BCUT2D eigenvalue weighted by Gasteiger charge is 2.49. The zero-order chi connectivity index (χ0) is 24.6. The molecule has 10 heteroatoms. The number of halogens is 3. The maximum absolute atomic E-state index is 13.4. The molecule has 1 atom stereocenters. The Morgan fingerprint density at radius 2 is 1.80 bits per heavy atom. The molecule has 0 aromatic heterocycles. The maximum Gasteiger partial charge on any atom is 0.491 e. The van der Waals surface area contributed by atoms with Gasteiger partial charge >= 0.3 is 12.1 Å². The molecule has 0 saturated carbocycles. The molecule has 3 aromatic carbocycles. The largest absolute Gasteiger partial charge is 0.495 e. The van der Waals surface area contributed by atoms with Crippen molar-refractivity contribution in [1.82, 2.24) is 0 Å². The molecule has 0 aliphatic carbocycles. The number of hydrogen-bond acceptors (Lipinski definition) is 6. The van der Waals surface area contributed by atoms with Gasteiger partial charge in [-0.3, -0.25) is 0 Å². The van der Waals surface area contributed by atoms with Gasteiger partial charge in [-0.2, -0.15) is 13.2 Å². The highest BCUT2D eigenvalue weighted by Crippen LogP contribution is 2.70. The van der Waals surface area contributed by atoms with E-state index in [4.69, 9.17) is 18.4 Å². The third-order valence-electron chi connectivity index (χ3n) is 5.88. The number of methoxy groups -OCH3 is 1. The van der Waals surface area contributed by atoms with Gasteiger partial charge in [0, 0.05) is 23.7 Å². The molecule has 2 aliphatic rings. The summed E-state index contributed by atoms with van der Waals surface area (Å²) in [5.41, 5.74) is 1.60. The van der Waals surface area contributed by atoms with Crippen molar-refractivity contribution in [3.63, 3.8) is 0 Å². The van der Waals surface area contributed by atoms with Crippen LogP contribution in [0, 0.1) is 0 Å². The molecule has 2 aliphatic heterocycles. The first kappa shape index (κ1) is 23.2. The molecule has 0 N–H and O–H groups in total. The van der Waals surface area contributed by atoms with Crippen LogP contribution in [-0.4, -0.2) is 38.3 Å².